The maximum absolute atomic E-state index is 12.1. The Morgan fingerprint density at radius 2 is 1.75 bits per heavy atom. The maximum atomic E-state index is 12.1. The Bertz CT molecular complexity index is 527. The van der Waals surface area contributed by atoms with Crippen LogP contribution in [0.2, 0.25) is 0 Å². The minimum absolute atomic E-state index is 0.285. The number of carbonyl (C=O) groups excluding carboxylic acids is 1. The molecule has 106 valence electrons. The summed E-state index contributed by atoms with van der Waals surface area (Å²) in [5.74, 6) is -0.570. The Morgan fingerprint density at radius 3 is 2.15 bits per heavy atom. The second kappa shape index (κ2) is 4.93. The molecule has 0 bridgehead atoms. The molecule has 0 aliphatic heterocycles. The summed E-state index contributed by atoms with van der Waals surface area (Å²) in [6.45, 7) is 0. The van der Waals surface area contributed by atoms with E-state index in [1.807, 2.05) is 12.1 Å². The molecule has 0 atom stereocenters. The van der Waals surface area contributed by atoms with Gasteiger partial charge in [-0.2, -0.15) is 0 Å². The number of aliphatic carboxylic acids is 1. The fourth-order valence-corrected chi connectivity index (χ4v) is 2.86. The van der Waals surface area contributed by atoms with E-state index in [1.165, 1.54) is 24.8 Å². The SMILES string of the molecule is O=C(NC1(C(=O)O)CCC1)c1ccc(C2CCC2)cc1. The first-order valence-electron chi connectivity index (χ1n) is 7.27. The summed E-state index contributed by atoms with van der Waals surface area (Å²) in [6.07, 6.45) is 5.64. The minimum Gasteiger partial charge on any atom is -0.480 e. The predicted molar refractivity (Wildman–Crippen MR) is 74.7 cm³/mol. The van der Waals surface area contributed by atoms with Crippen LogP contribution in [0.15, 0.2) is 24.3 Å². The van der Waals surface area contributed by atoms with Gasteiger partial charge in [0.2, 0.25) is 0 Å². The number of carboxylic acid groups (broad SMARTS) is 1. The van der Waals surface area contributed by atoms with E-state index in [2.05, 4.69) is 5.32 Å². The molecule has 3 rings (SSSR count). The summed E-state index contributed by atoms with van der Waals surface area (Å²) in [5.41, 5.74) is 0.786. The average molecular weight is 273 g/mol. The van der Waals surface area contributed by atoms with Crippen LogP contribution >= 0.6 is 0 Å². The van der Waals surface area contributed by atoms with Gasteiger partial charge >= 0.3 is 5.97 Å². The van der Waals surface area contributed by atoms with Gasteiger partial charge in [-0.1, -0.05) is 18.6 Å². The van der Waals surface area contributed by atoms with Crippen LogP contribution in [0.4, 0.5) is 0 Å². The molecule has 4 nitrogen and oxygen atoms in total. The molecule has 2 aliphatic carbocycles. The third-order valence-corrected chi connectivity index (χ3v) is 4.72. The van der Waals surface area contributed by atoms with Gasteiger partial charge in [0.15, 0.2) is 0 Å². The monoisotopic (exact) mass is 273 g/mol. The fourth-order valence-electron chi connectivity index (χ4n) is 2.86. The highest BCUT2D eigenvalue weighted by molar-refractivity contribution is 5.98. The van der Waals surface area contributed by atoms with E-state index in [-0.39, 0.29) is 5.91 Å². The maximum Gasteiger partial charge on any atom is 0.329 e. The molecule has 4 heteroatoms. The molecule has 0 unspecified atom stereocenters. The topological polar surface area (TPSA) is 66.4 Å². The number of carboxylic acids is 1. The van der Waals surface area contributed by atoms with Crippen LogP contribution < -0.4 is 5.32 Å². The van der Waals surface area contributed by atoms with Crippen molar-refractivity contribution >= 4 is 11.9 Å². The van der Waals surface area contributed by atoms with Gasteiger partial charge in [0.1, 0.15) is 5.54 Å². The molecule has 1 amide bonds. The lowest BCUT2D eigenvalue weighted by Gasteiger charge is -2.38. The number of rotatable bonds is 4. The van der Waals surface area contributed by atoms with E-state index in [4.69, 9.17) is 0 Å². The minimum atomic E-state index is -1.04. The molecule has 2 aliphatic rings. The third-order valence-electron chi connectivity index (χ3n) is 4.72. The van der Waals surface area contributed by atoms with Gasteiger partial charge in [-0.05, 0) is 55.7 Å². The van der Waals surface area contributed by atoms with Crippen LogP contribution in [0.25, 0.3) is 0 Å². The Morgan fingerprint density at radius 1 is 1.10 bits per heavy atom. The summed E-state index contributed by atoms with van der Waals surface area (Å²) in [6, 6.07) is 7.59. The second-order valence-electron chi connectivity index (χ2n) is 5.94. The molecule has 2 saturated carbocycles. The third kappa shape index (κ3) is 2.19. The van der Waals surface area contributed by atoms with Crippen molar-refractivity contribution < 1.29 is 14.7 Å². The summed E-state index contributed by atoms with van der Waals surface area (Å²) >= 11 is 0. The summed E-state index contributed by atoms with van der Waals surface area (Å²) in [5, 5.41) is 11.9. The van der Waals surface area contributed by atoms with Crippen molar-refractivity contribution in [2.45, 2.75) is 50.0 Å². The highest BCUT2D eigenvalue weighted by Crippen LogP contribution is 2.36. The lowest BCUT2D eigenvalue weighted by atomic mass is 9.76. The van der Waals surface area contributed by atoms with Crippen molar-refractivity contribution in [2.75, 3.05) is 0 Å². The van der Waals surface area contributed by atoms with Crippen LogP contribution in [-0.2, 0) is 4.79 Å². The molecule has 0 aromatic heterocycles. The highest BCUT2D eigenvalue weighted by Gasteiger charge is 2.45. The van der Waals surface area contributed by atoms with Crippen LogP contribution in [-0.4, -0.2) is 22.5 Å². The van der Waals surface area contributed by atoms with E-state index in [0.717, 1.165) is 6.42 Å². The highest BCUT2D eigenvalue weighted by atomic mass is 16.4. The zero-order valence-electron chi connectivity index (χ0n) is 11.4. The van der Waals surface area contributed by atoms with E-state index in [1.54, 1.807) is 12.1 Å². The van der Waals surface area contributed by atoms with Gasteiger partial charge in [0.05, 0.1) is 0 Å². The molecule has 0 radical (unpaired) electrons. The van der Waals surface area contributed by atoms with Crippen molar-refractivity contribution in [2.24, 2.45) is 0 Å². The van der Waals surface area contributed by atoms with Crippen LogP contribution in [0.5, 0.6) is 0 Å². The van der Waals surface area contributed by atoms with Crippen molar-refractivity contribution in [3.63, 3.8) is 0 Å². The summed E-state index contributed by atoms with van der Waals surface area (Å²) in [4.78, 5) is 23.4. The average Bonchev–Trinajstić information content (AvgIpc) is 2.32. The molecule has 1 aromatic rings. The van der Waals surface area contributed by atoms with E-state index < -0.39 is 11.5 Å². The molecule has 2 N–H and O–H groups in total. The Labute approximate surface area is 118 Å². The van der Waals surface area contributed by atoms with E-state index in [9.17, 15) is 14.7 Å². The number of benzene rings is 1. The lowest BCUT2D eigenvalue weighted by molar-refractivity contribution is -0.148. The molecule has 0 spiro atoms. The lowest BCUT2D eigenvalue weighted by Crippen LogP contribution is -2.59. The molecule has 2 fully saturated rings. The summed E-state index contributed by atoms with van der Waals surface area (Å²) < 4.78 is 0. The van der Waals surface area contributed by atoms with Crippen molar-refractivity contribution in [1.29, 1.82) is 0 Å². The zero-order valence-corrected chi connectivity index (χ0v) is 11.4. The Hall–Kier alpha value is -1.84. The van der Waals surface area contributed by atoms with Crippen LogP contribution in [0.3, 0.4) is 0 Å². The first-order valence-corrected chi connectivity index (χ1v) is 7.27. The van der Waals surface area contributed by atoms with Crippen molar-refractivity contribution in [3.8, 4) is 0 Å². The molecular weight excluding hydrogens is 254 g/mol. The number of hydrogen-bond donors (Lipinski definition) is 2. The largest absolute Gasteiger partial charge is 0.480 e. The van der Waals surface area contributed by atoms with E-state index >= 15 is 0 Å². The Kier molecular flexibility index (Phi) is 3.24. The molecule has 0 heterocycles. The molecule has 0 saturated heterocycles. The van der Waals surface area contributed by atoms with Crippen LogP contribution in [0.1, 0.15) is 60.4 Å². The second-order valence-corrected chi connectivity index (χ2v) is 5.94. The van der Waals surface area contributed by atoms with Gasteiger partial charge in [-0.15, -0.1) is 0 Å². The summed E-state index contributed by atoms with van der Waals surface area (Å²) in [7, 11) is 0. The standard InChI is InChI=1S/C16H19NO3/c18-14(17-16(15(19)20)9-2-10-16)13-7-5-12(6-8-13)11-3-1-4-11/h5-8,11H,1-4,9-10H2,(H,17,18)(H,19,20). The smallest absolute Gasteiger partial charge is 0.329 e. The number of nitrogens with one attached hydrogen (secondary N) is 1. The van der Waals surface area contributed by atoms with Crippen molar-refractivity contribution in [1.82, 2.24) is 5.32 Å². The fraction of sp³-hybridized carbons (Fsp3) is 0.500. The predicted octanol–water partition coefficient (Wildman–Crippen LogP) is 2.69. The number of amides is 1. The van der Waals surface area contributed by atoms with E-state index in [0.29, 0.717) is 24.3 Å². The number of carbonyl (C=O) groups is 2. The molecule has 1 aromatic carbocycles. The molecule has 20 heavy (non-hydrogen) atoms. The van der Waals surface area contributed by atoms with Gasteiger partial charge < -0.3 is 10.4 Å². The zero-order chi connectivity index (χ0) is 14.2. The number of hydrogen-bond acceptors (Lipinski definition) is 2. The van der Waals surface area contributed by atoms with Crippen LogP contribution in [0, 0.1) is 0 Å². The van der Waals surface area contributed by atoms with Gasteiger partial charge in [-0.3, -0.25) is 4.79 Å². The van der Waals surface area contributed by atoms with Gasteiger partial charge in [0, 0.05) is 5.56 Å². The first-order chi connectivity index (χ1) is 9.61. The Balaban J connectivity index is 1.69. The molecular formula is C16H19NO3. The quantitative estimate of drug-likeness (QED) is 0.886. The first kappa shape index (κ1) is 13.2. The van der Waals surface area contributed by atoms with Gasteiger partial charge in [0.25, 0.3) is 5.91 Å². The van der Waals surface area contributed by atoms with Gasteiger partial charge in [-0.25, -0.2) is 4.79 Å². The normalized spacial score (nSPS) is 20.6. The van der Waals surface area contributed by atoms with Crippen molar-refractivity contribution in [3.05, 3.63) is 35.4 Å².